The Bertz CT molecular complexity index is 1470. The molecule has 1 N–H and O–H groups in total. The molecule has 0 atom stereocenters. The Labute approximate surface area is 258 Å². The molecule has 5 rings (SSSR count). The van der Waals surface area contributed by atoms with Crippen molar-refractivity contribution in [2.75, 3.05) is 39.3 Å². The van der Waals surface area contributed by atoms with Crippen LogP contribution in [0.1, 0.15) is 28.3 Å². The highest BCUT2D eigenvalue weighted by Crippen LogP contribution is 2.30. The predicted molar refractivity (Wildman–Crippen MR) is 174 cm³/mol. The molecule has 4 aromatic rings. The monoisotopic (exact) mass is 589 g/mol. The zero-order valence-corrected chi connectivity index (χ0v) is 24.7. The van der Waals surface area contributed by atoms with Gasteiger partial charge in [-0.1, -0.05) is 109 Å². The maximum absolute atomic E-state index is 13.6. The first-order valence-corrected chi connectivity index (χ1v) is 15.0. The molecule has 1 heterocycles. The Balaban J connectivity index is 1.10. The Morgan fingerprint density at radius 3 is 1.73 bits per heavy atom. The topological polar surface area (TPSA) is 35.6 Å². The zero-order chi connectivity index (χ0) is 30.6. The molecule has 0 radical (unpaired) electrons. The summed E-state index contributed by atoms with van der Waals surface area (Å²) >= 11 is 0. The minimum Gasteiger partial charge on any atom is -0.351 e. The number of carbonyl (C=O) groups is 1. The lowest BCUT2D eigenvalue weighted by molar-refractivity contribution is -0.116. The molecule has 0 bridgehead atoms. The quantitative estimate of drug-likeness (QED) is 0.151. The van der Waals surface area contributed by atoms with Gasteiger partial charge >= 0.3 is 0 Å². The van der Waals surface area contributed by atoms with Crippen molar-refractivity contribution < 1.29 is 13.6 Å². The fourth-order valence-corrected chi connectivity index (χ4v) is 5.50. The Morgan fingerprint density at radius 2 is 1.20 bits per heavy atom. The summed E-state index contributed by atoms with van der Waals surface area (Å²) in [4.78, 5) is 17.1. The van der Waals surface area contributed by atoms with Crippen LogP contribution in [-0.2, 0) is 4.79 Å². The van der Waals surface area contributed by atoms with E-state index in [-0.39, 0.29) is 23.6 Å². The Hall–Kier alpha value is -4.65. The highest BCUT2D eigenvalue weighted by molar-refractivity contribution is 5.87. The van der Waals surface area contributed by atoms with Crippen LogP contribution < -0.4 is 5.32 Å². The molecular weight excluding hydrogens is 552 g/mol. The molecule has 224 valence electrons. The fourth-order valence-electron chi connectivity index (χ4n) is 5.50. The van der Waals surface area contributed by atoms with Crippen LogP contribution in [0.25, 0.3) is 5.57 Å². The van der Waals surface area contributed by atoms with Crippen molar-refractivity contribution in [1.82, 2.24) is 15.1 Å². The van der Waals surface area contributed by atoms with Crippen LogP contribution in [0, 0.1) is 11.6 Å². The summed E-state index contributed by atoms with van der Waals surface area (Å²) in [6.45, 7) is 4.59. The van der Waals surface area contributed by atoms with Crippen LogP contribution >= 0.6 is 0 Å². The van der Waals surface area contributed by atoms with Crippen LogP contribution in [0.2, 0.25) is 0 Å². The van der Waals surface area contributed by atoms with E-state index in [9.17, 15) is 13.6 Å². The molecule has 1 aliphatic heterocycles. The average Bonchev–Trinajstić information content (AvgIpc) is 3.06. The maximum Gasteiger partial charge on any atom is 0.244 e. The van der Waals surface area contributed by atoms with Crippen molar-refractivity contribution in [3.8, 4) is 0 Å². The third-order valence-electron chi connectivity index (χ3n) is 7.77. The third kappa shape index (κ3) is 8.69. The molecule has 44 heavy (non-hydrogen) atoms. The molecule has 6 heteroatoms. The summed E-state index contributed by atoms with van der Waals surface area (Å²) in [7, 11) is 0. The van der Waals surface area contributed by atoms with Gasteiger partial charge in [-0.25, -0.2) is 8.78 Å². The van der Waals surface area contributed by atoms with E-state index in [2.05, 4.69) is 45.5 Å². The minimum atomic E-state index is -0.276. The number of benzene rings is 4. The number of allylic oxidation sites excluding steroid dienone is 4. The number of rotatable bonds is 11. The normalized spacial score (nSPS) is 14.3. The fraction of sp³-hybridized carbons (Fsp3) is 0.184. The molecule has 1 saturated heterocycles. The summed E-state index contributed by atoms with van der Waals surface area (Å²) in [5, 5.41) is 2.98. The summed E-state index contributed by atoms with van der Waals surface area (Å²) in [5.74, 6) is -0.681. The van der Waals surface area contributed by atoms with Crippen molar-refractivity contribution in [1.29, 1.82) is 0 Å². The molecule has 0 unspecified atom stereocenters. The van der Waals surface area contributed by atoms with Gasteiger partial charge in [-0.15, -0.1) is 0 Å². The van der Waals surface area contributed by atoms with E-state index in [0.717, 1.165) is 60.6 Å². The number of hydrogen-bond donors (Lipinski definition) is 1. The molecule has 0 spiro atoms. The minimum absolute atomic E-state index is 0.0810. The molecular formula is C38H37F2N3O. The van der Waals surface area contributed by atoms with Gasteiger partial charge in [0.2, 0.25) is 5.91 Å². The van der Waals surface area contributed by atoms with E-state index in [1.807, 2.05) is 48.6 Å². The maximum atomic E-state index is 13.6. The smallest absolute Gasteiger partial charge is 0.244 e. The van der Waals surface area contributed by atoms with E-state index in [1.54, 1.807) is 36.4 Å². The van der Waals surface area contributed by atoms with Gasteiger partial charge in [0.25, 0.3) is 0 Å². The first-order valence-electron chi connectivity index (χ1n) is 15.0. The van der Waals surface area contributed by atoms with Crippen LogP contribution in [0.4, 0.5) is 8.78 Å². The molecule has 1 aliphatic rings. The largest absolute Gasteiger partial charge is 0.351 e. The van der Waals surface area contributed by atoms with Crippen LogP contribution in [0.5, 0.6) is 0 Å². The van der Waals surface area contributed by atoms with Crippen molar-refractivity contribution in [3.63, 3.8) is 0 Å². The number of hydrogen-bond acceptors (Lipinski definition) is 3. The summed E-state index contributed by atoms with van der Waals surface area (Å²) in [5.41, 5.74) is 5.33. The van der Waals surface area contributed by atoms with E-state index in [4.69, 9.17) is 0 Å². The molecule has 0 aliphatic carbocycles. The van der Waals surface area contributed by atoms with E-state index < -0.39 is 0 Å². The van der Waals surface area contributed by atoms with E-state index in [0.29, 0.717) is 6.54 Å². The van der Waals surface area contributed by atoms with Gasteiger partial charge in [-0.05, 0) is 52.1 Å². The Kier molecular flexibility index (Phi) is 11.0. The second-order valence-electron chi connectivity index (χ2n) is 10.7. The highest BCUT2D eigenvalue weighted by Gasteiger charge is 2.26. The summed E-state index contributed by atoms with van der Waals surface area (Å²) in [6.07, 6.45) is 9.17. The zero-order valence-electron chi connectivity index (χ0n) is 24.7. The summed E-state index contributed by atoms with van der Waals surface area (Å²) in [6, 6.07) is 33.5. The second-order valence-corrected chi connectivity index (χ2v) is 10.7. The number of nitrogens with zero attached hydrogens (tertiary/aromatic N) is 2. The number of amides is 1. The average molecular weight is 590 g/mol. The first kappa shape index (κ1) is 30.8. The van der Waals surface area contributed by atoms with E-state index in [1.165, 1.54) is 24.3 Å². The van der Waals surface area contributed by atoms with Gasteiger partial charge < -0.3 is 5.32 Å². The second kappa shape index (κ2) is 15.7. The molecule has 4 aromatic carbocycles. The molecule has 1 fully saturated rings. The van der Waals surface area contributed by atoms with Gasteiger partial charge in [0.15, 0.2) is 0 Å². The predicted octanol–water partition coefficient (Wildman–Crippen LogP) is 7.03. The molecule has 0 aromatic heterocycles. The van der Waals surface area contributed by atoms with Crippen molar-refractivity contribution in [2.45, 2.75) is 6.04 Å². The highest BCUT2D eigenvalue weighted by atomic mass is 19.1. The van der Waals surface area contributed by atoms with Gasteiger partial charge in [0, 0.05) is 45.3 Å². The number of nitrogens with one attached hydrogen (secondary N) is 1. The van der Waals surface area contributed by atoms with Gasteiger partial charge in [-0.2, -0.15) is 0 Å². The van der Waals surface area contributed by atoms with Gasteiger partial charge in [0.05, 0.1) is 6.04 Å². The molecule has 0 saturated carbocycles. The molecule has 4 nitrogen and oxygen atoms in total. The third-order valence-corrected chi connectivity index (χ3v) is 7.77. The van der Waals surface area contributed by atoms with Crippen LogP contribution in [0.15, 0.2) is 140 Å². The number of carbonyl (C=O) groups excluding carboxylic acids is 1. The van der Waals surface area contributed by atoms with Crippen molar-refractivity contribution in [2.24, 2.45) is 0 Å². The lowest BCUT2D eigenvalue weighted by atomic mass is 9.96. The lowest BCUT2D eigenvalue weighted by Crippen LogP contribution is -2.49. The van der Waals surface area contributed by atoms with Crippen LogP contribution in [-0.4, -0.2) is 55.0 Å². The van der Waals surface area contributed by atoms with Crippen molar-refractivity contribution >= 4 is 11.5 Å². The Morgan fingerprint density at radius 1 is 0.682 bits per heavy atom. The summed E-state index contributed by atoms with van der Waals surface area (Å²) < 4.78 is 27.2. The van der Waals surface area contributed by atoms with Crippen molar-refractivity contribution in [3.05, 3.63) is 173 Å². The number of piperazine rings is 1. The first-order chi connectivity index (χ1) is 21.6. The standard InChI is InChI=1S/C38H37F2N3O/c39-34-20-16-32(17-21-34)38(33-18-22-35(40)23-19-33)43-28-26-42(27-29-43)25-24-41-37(44)15-9-3-8-14-36(30-10-4-1-5-11-30)31-12-6-2-7-13-31/h1-23,38H,24-29H2,(H,41,44). The van der Waals surface area contributed by atoms with Gasteiger partial charge in [-0.3, -0.25) is 14.6 Å². The van der Waals surface area contributed by atoms with Gasteiger partial charge in [0.1, 0.15) is 11.6 Å². The SMILES string of the molecule is O=C(C=CC=CC=C(c1ccccc1)c1ccccc1)NCCN1CCN(C(c2ccc(F)cc2)c2ccc(F)cc2)CC1. The number of halogens is 2. The lowest BCUT2D eigenvalue weighted by Gasteiger charge is -2.39. The van der Waals surface area contributed by atoms with Crippen LogP contribution in [0.3, 0.4) is 0 Å². The van der Waals surface area contributed by atoms with E-state index >= 15 is 0 Å². The molecule has 1 amide bonds.